The summed E-state index contributed by atoms with van der Waals surface area (Å²) in [7, 11) is 1.68. The van der Waals surface area contributed by atoms with Gasteiger partial charge < -0.3 is 15.8 Å². The van der Waals surface area contributed by atoms with Crippen LogP contribution in [0.5, 0.6) is 0 Å². The molecule has 0 radical (unpaired) electrons. The van der Waals surface area contributed by atoms with Gasteiger partial charge in [-0.2, -0.15) is 0 Å². The predicted octanol–water partition coefficient (Wildman–Crippen LogP) is 2.37. The molecular weight excluding hydrogens is 200 g/mol. The van der Waals surface area contributed by atoms with Gasteiger partial charge in [-0.15, -0.1) is 0 Å². The molecule has 4 heteroatoms. The maximum atomic E-state index is 5.97. The van der Waals surface area contributed by atoms with E-state index in [-0.39, 0.29) is 0 Å². The Kier molecular flexibility index (Phi) is 4.56. The Balaban J connectivity index is 2.49. The Morgan fingerprint density at radius 1 is 1.50 bits per heavy atom. The number of methoxy groups -OCH3 is 1. The third kappa shape index (κ3) is 3.09. The number of nitrogens with two attached hydrogens (primary N) is 1. The van der Waals surface area contributed by atoms with Crippen LogP contribution in [0.3, 0.4) is 0 Å². The van der Waals surface area contributed by atoms with Crippen molar-refractivity contribution in [1.82, 2.24) is 0 Å². The highest BCUT2D eigenvalue weighted by Crippen LogP contribution is 2.27. The first-order valence-corrected chi connectivity index (χ1v) is 4.90. The quantitative estimate of drug-likeness (QED) is 0.585. The number of ether oxygens (including phenoxy) is 1. The van der Waals surface area contributed by atoms with Crippen molar-refractivity contribution in [2.45, 2.75) is 6.42 Å². The summed E-state index contributed by atoms with van der Waals surface area (Å²) in [6.45, 7) is 1.54. The van der Waals surface area contributed by atoms with E-state index < -0.39 is 0 Å². The lowest BCUT2D eigenvalue weighted by atomic mass is 10.2. The molecule has 1 rings (SSSR count). The molecule has 0 saturated heterocycles. The SMILES string of the molecule is COCCCNc1c(N)cccc1Cl. The van der Waals surface area contributed by atoms with Gasteiger partial charge >= 0.3 is 0 Å². The molecule has 14 heavy (non-hydrogen) atoms. The molecule has 3 nitrogen and oxygen atoms in total. The lowest BCUT2D eigenvalue weighted by Crippen LogP contribution is -2.06. The van der Waals surface area contributed by atoms with Crippen LogP contribution in [0.2, 0.25) is 5.02 Å². The fourth-order valence-corrected chi connectivity index (χ4v) is 1.41. The van der Waals surface area contributed by atoms with Crippen molar-refractivity contribution in [3.05, 3.63) is 23.2 Å². The van der Waals surface area contributed by atoms with Gasteiger partial charge in [0, 0.05) is 20.3 Å². The summed E-state index contributed by atoms with van der Waals surface area (Å²) in [5.41, 5.74) is 7.24. The van der Waals surface area contributed by atoms with Crippen LogP contribution in [0.15, 0.2) is 18.2 Å². The molecule has 0 aliphatic carbocycles. The maximum absolute atomic E-state index is 5.97. The molecule has 78 valence electrons. The number of rotatable bonds is 5. The average Bonchev–Trinajstić information content (AvgIpc) is 2.16. The van der Waals surface area contributed by atoms with E-state index in [4.69, 9.17) is 22.1 Å². The normalized spacial score (nSPS) is 10.1. The van der Waals surface area contributed by atoms with E-state index >= 15 is 0 Å². The minimum Gasteiger partial charge on any atom is -0.397 e. The first kappa shape index (κ1) is 11.1. The Hall–Kier alpha value is -0.930. The number of para-hydroxylation sites is 1. The van der Waals surface area contributed by atoms with Crippen LogP contribution in [-0.4, -0.2) is 20.3 Å². The van der Waals surface area contributed by atoms with E-state index in [1.165, 1.54) is 0 Å². The zero-order chi connectivity index (χ0) is 10.4. The number of nitrogen functional groups attached to an aromatic ring is 1. The first-order chi connectivity index (χ1) is 6.75. The standard InChI is InChI=1S/C10H15ClN2O/c1-14-7-3-6-13-10-8(11)4-2-5-9(10)12/h2,4-5,13H,3,6-7,12H2,1H3. The number of benzene rings is 1. The van der Waals surface area contributed by atoms with Gasteiger partial charge in [-0.05, 0) is 18.6 Å². The molecule has 0 amide bonds. The molecule has 1 aromatic rings. The van der Waals surface area contributed by atoms with Gasteiger partial charge in [-0.3, -0.25) is 0 Å². The lowest BCUT2D eigenvalue weighted by molar-refractivity contribution is 0.198. The highest BCUT2D eigenvalue weighted by Gasteiger charge is 2.02. The summed E-state index contributed by atoms with van der Waals surface area (Å²) in [6.07, 6.45) is 0.932. The number of halogens is 1. The minimum atomic E-state index is 0.655. The Bertz CT molecular complexity index is 271. The summed E-state index contributed by atoms with van der Waals surface area (Å²) in [4.78, 5) is 0. The van der Waals surface area contributed by atoms with Crippen LogP contribution in [0, 0.1) is 0 Å². The summed E-state index contributed by atoms with van der Waals surface area (Å²) in [5, 5.41) is 3.83. The van der Waals surface area contributed by atoms with E-state index in [1.807, 2.05) is 18.2 Å². The van der Waals surface area contributed by atoms with Gasteiger partial charge in [-0.1, -0.05) is 17.7 Å². The van der Waals surface area contributed by atoms with Crippen LogP contribution in [0.4, 0.5) is 11.4 Å². The van der Waals surface area contributed by atoms with Crippen LogP contribution >= 0.6 is 11.6 Å². The molecule has 0 saturated carbocycles. The molecule has 1 aromatic carbocycles. The molecule has 0 atom stereocenters. The van der Waals surface area contributed by atoms with Gasteiger partial charge in [0.2, 0.25) is 0 Å². The van der Waals surface area contributed by atoms with E-state index in [1.54, 1.807) is 7.11 Å². The Labute approximate surface area is 89.2 Å². The van der Waals surface area contributed by atoms with Crippen molar-refractivity contribution >= 4 is 23.0 Å². The maximum Gasteiger partial charge on any atom is 0.0763 e. The van der Waals surface area contributed by atoms with Gasteiger partial charge in [0.1, 0.15) is 0 Å². The van der Waals surface area contributed by atoms with Gasteiger partial charge in [0.15, 0.2) is 0 Å². The Morgan fingerprint density at radius 2 is 2.29 bits per heavy atom. The van der Waals surface area contributed by atoms with E-state index in [0.717, 1.165) is 25.3 Å². The molecule has 0 unspecified atom stereocenters. The van der Waals surface area contributed by atoms with Crippen LogP contribution in [0.1, 0.15) is 6.42 Å². The van der Waals surface area contributed by atoms with Crippen LogP contribution in [-0.2, 0) is 4.74 Å². The smallest absolute Gasteiger partial charge is 0.0763 e. The van der Waals surface area contributed by atoms with Crippen molar-refractivity contribution in [3.8, 4) is 0 Å². The van der Waals surface area contributed by atoms with E-state index in [0.29, 0.717) is 10.7 Å². The highest BCUT2D eigenvalue weighted by molar-refractivity contribution is 6.33. The number of hydrogen-bond donors (Lipinski definition) is 2. The summed E-state index contributed by atoms with van der Waals surface area (Å²) in [6, 6.07) is 5.47. The fraction of sp³-hybridized carbons (Fsp3) is 0.400. The second-order valence-corrected chi connectivity index (χ2v) is 3.38. The molecule has 0 fully saturated rings. The lowest BCUT2D eigenvalue weighted by Gasteiger charge is -2.10. The molecule has 0 aliphatic rings. The van der Waals surface area contributed by atoms with Crippen molar-refractivity contribution in [2.75, 3.05) is 31.3 Å². The zero-order valence-corrected chi connectivity index (χ0v) is 8.97. The van der Waals surface area contributed by atoms with Crippen molar-refractivity contribution in [3.63, 3.8) is 0 Å². The Morgan fingerprint density at radius 3 is 2.93 bits per heavy atom. The zero-order valence-electron chi connectivity index (χ0n) is 8.22. The van der Waals surface area contributed by atoms with Crippen molar-refractivity contribution in [1.29, 1.82) is 0 Å². The second-order valence-electron chi connectivity index (χ2n) is 2.98. The molecule has 3 N–H and O–H groups in total. The van der Waals surface area contributed by atoms with Crippen LogP contribution in [0.25, 0.3) is 0 Å². The first-order valence-electron chi connectivity index (χ1n) is 4.52. The molecule has 0 aliphatic heterocycles. The third-order valence-electron chi connectivity index (χ3n) is 1.87. The molecule has 0 spiro atoms. The van der Waals surface area contributed by atoms with Gasteiger partial charge in [-0.25, -0.2) is 0 Å². The van der Waals surface area contributed by atoms with Gasteiger partial charge in [0.05, 0.1) is 16.4 Å². The summed E-state index contributed by atoms with van der Waals surface area (Å²) < 4.78 is 4.94. The average molecular weight is 215 g/mol. The van der Waals surface area contributed by atoms with E-state index in [9.17, 15) is 0 Å². The number of hydrogen-bond acceptors (Lipinski definition) is 3. The topological polar surface area (TPSA) is 47.3 Å². The molecule has 0 bridgehead atoms. The number of anilines is 2. The predicted molar refractivity (Wildman–Crippen MR) is 60.8 cm³/mol. The van der Waals surface area contributed by atoms with Crippen LogP contribution < -0.4 is 11.1 Å². The monoisotopic (exact) mass is 214 g/mol. The van der Waals surface area contributed by atoms with Gasteiger partial charge in [0.25, 0.3) is 0 Å². The highest BCUT2D eigenvalue weighted by atomic mass is 35.5. The molecule has 0 heterocycles. The third-order valence-corrected chi connectivity index (χ3v) is 2.19. The largest absolute Gasteiger partial charge is 0.397 e. The molecular formula is C10H15ClN2O. The van der Waals surface area contributed by atoms with Crippen molar-refractivity contribution < 1.29 is 4.74 Å². The fourth-order valence-electron chi connectivity index (χ4n) is 1.16. The molecule has 0 aromatic heterocycles. The van der Waals surface area contributed by atoms with E-state index in [2.05, 4.69) is 5.32 Å². The summed E-state index contributed by atoms with van der Waals surface area (Å²) >= 11 is 5.97. The minimum absolute atomic E-state index is 0.655. The summed E-state index contributed by atoms with van der Waals surface area (Å²) in [5.74, 6) is 0. The number of nitrogens with one attached hydrogen (secondary N) is 1. The van der Waals surface area contributed by atoms with Crippen molar-refractivity contribution in [2.24, 2.45) is 0 Å². The second kappa shape index (κ2) is 5.73.